The zero-order valence-corrected chi connectivity index (χ0v) is 17.7. The van der Waals surface area contributed by atoms with Crippen LogP contribution in [0, 0.1) is 10.1 Å². The molecule has 0 bridgehead atoms. The van der Waals surface area contributed by atoms with Gasteiger partial charge < -0.3 is 4.90 Å². The van der Waals surface area contributed by atoms with E-state index in [4.69, 9.17) is 11.6 Å². The fourth-order valence-corrected chi connectivity index (χ4v) is 5.09. The summed E-state index contributed by atoms with van der Waals surface area (Å²) in [5.41, 5.74) is 0.561. The summed E-state index contributed by atoms with van der Waals surface area (Å²) < 4.78 is 27.9. The molecule has 154 valence electrons. The van der Waals surface area contributed by atoms with E-state index in [1.807, 2.05) is 0 Å². The number of halogens is 1. The van der Waals surface area contributed by atoms with Crippen LogP contribution in [-0.4, -0.2) is 31.3 Å². The minimum atomic E-state index is -3.95. The maximum Gasteiger partial charge on any atom is 0.271 e. The van der Waals surface area contributed by atoms with Crippen LogP contribution in [0.5, 0.6) is 0 Å². The summed E-state index contributed by atoms with van der Waals surface area (Å²) in [4.78, 5) is 24.8. The van der Waals surface area contributed by atoms with Gasteiger partial charge in [0.15, 0.2) is 0 Å². The van der Waals surface area contributed by atoms with Gasteiger partial charge in [-0.2, -0.15) is 0 Å². The van der Waals surface area contributed by atoms with E-state index in [1.54, 1.807) is 26.8 Å². The average molecular weight is 438 g/mol. The van der Waals surface area contributed by atoms with E-state index in [0.717, 1.165) is 5.56 Å². The summed E-state index contributed by atoms with van der Waals surface area (Å²) in [6, 6.07) is 8.42. The van der Waals surface area contributed by atoms with Gasteiger partial charge in [-0.25, -0.2) is 13.1 Å². The number of sulfonamides is 1. The molecule has 0 spiro atoms. The number of hydrogen-bond acceptors (Lipinski definition) is 5. The van der Waals surface area contributed by atoms with E-state index in [2.05, 4.69) is 4.72 Å². The van der Waals surface area contributed by atoms with Crippen LogP contribution in [0.2, 0.25) is 5.02 Å². The molecule has 1 aliphatic heterocycles. The predicted octanol–water partition coefficient (Wildman–Crippen LogP) is 3.53. The molecule has 0 saturated carbocycles. The predicted molar refractivity (Wildman–Crippen MR) is 110 cm³/mol. The Morgan fingerprint density at radius 1 is 1.21 bits per heavy atom. The lowest BCUT2D eigenvalue weighted by Gasteiger charge is -2.22. The third-order valence-electron chi connectivity index (χ3n) is 4.33. The van der Waals surface area contributed by atoms with Crippen molar-refractivity contribution in [2.45, 2.75) is 37.6 Å². The van der Waals surface area contributed by atoms with E-state index in [-0.39, 0.29) is 21.2 Å². The number of non-ortho nitro benzene ring substituents is 1. The van der Waals surface area contributed by atoms with Crippen molar-refractivity contribution in [3.05, 3.63) is 62.7 Å². The molecule has 0 unspecified atom stereocenters. The lowest BCUT2D eigenvalue weighted by Crippen LogP contribution is -2.40. The van der Waals surface area contributed by atoms with Gasteiger partial charge in [0, 0.05) is 29.8 Å². The molecule has 0 aliphatic carbocycles. The fourth-order valence-electron chi connectivity index (χ4n) is 3.15. The van der Waals surface area contributed by atoms with Crippen molar-refractivity contribution in [2.24, 2.45) is 0 Å². The molecule has 0 radical (unpaired) electrons. The minimum Gasteiger partial charge on any atom is -0.307 e. The molecule has 0 aromatic heterocycles. The number of benzene rings is 2. The van der Waals surface area contributed by atoms with Gasteiger partial charge in [0.05, 0.1) is 15.6 Å². The van der Waals surface area contributed by atoms with Gasteiger partial charge in [-0.3, -0.25) is 14.9 Å². The highest BCUT2D eigenvalue weighted by Gasteiger charge is 2.30. The lowest BCUT2D eigenvalue weighted by molar-refractivity contribution is -0.384. The van der Waals surface area contributed by atoms with E-state index in [9.17, 15) is 23.3 Å². The number of amides is 1. The zero-order valence-electron chi connectivity index (χ0n) is 16.1. The summed E-state index contributed by atoms with van der Waals surface area (Å²) >= 11 is 6.09. The monoisotopic (exact) mass is 437 g/mol. The Morgan fingerprint density at radius 2 is 1.90 bits per heavy atom. The minimum absolute atomic E-state index is 0.00393. The van der Waals surface area contributed by atoms with Crippen molar-refractivity contribution in [3.63, 3.8) is 0 Å². The molecule has 0 saturated heterocycles. The van der Waals surface area contributed by atoms with Gasteiger partial charge in [-0.05, 0) is 51.0 Å². The van der Waals surface area contributed by atoms with E-state index < -0.39 is 26.4 Å². The Kier molecular flexibility index (Phi) is 5.42. The number of hydrogen-bond donors (Lipinski definition) is 1. The Balaban J connectivity index is 1.99. The van der Waals surface area contributed by atoms with Crippen molar-refractivity contribution >= 4 is 38.9 Å². The summed E-state index contributed by atoms with van der Waals surface area (Å²) in [5, 5.41) is 11.1. The third kappa shape index (κ3) is 4.42. The van der Waals surface area contributed by atoms with Crippen molar-refractivity contribution in [1.82, 2.24) is 4.72 Å². The maximum atomic E-state index is 13.1. The summed E-state index contributed by atoms with van der Waals surface area (Å²) in [6.07, 6.45) is 0.559. The van der Waals surface area contributed by atoms with Crippen LogP contribution in [0.1, 0.15) is 36.7 Å². The van der Waals surface area contributed by atoms with E-state index >= 15 is 0 Å². The first-order valence-electron chi connectivity index (χ1n) is 8.82. The first kappa shape index (κ1) is 21.2. The van der Waals surface area contributed by atoms with Crippen LogP contribution in [0.25, 0.3) is 0 Å². The Labute approximate surface area is 173 Å². The van der Waals surface area contributed by atoms with Crippen LogP contribution < -0.4 is 9.62 Å². The normalized spacial score (nSPS) is 14.0. The average Bonchev–Trinajstić information content (AvgIpc) is 3.02. The van der Waals surface area contributed by atoms with Crippen molar-refractivity contribution in [1.29, 1.82) is 0 Å². The van der Waals surface area contributed by atoms with Gasteiger partial charge in [-0.1, -0.05) is 17.7 Å². The second-order valence-corrected chi connectivity index (χ2v) is 9.84. The Morgan fingerprint density at radius 3 is 2.52 bits per heavy atom. The fraction of sp³-hybridized carbons (Fsp3) is 0.316. The Hall–Kier alpha value is -2.49. The van der Waals surface area contributed by atoms with Gasteiger partial charge in [0.2, 0.25) is 10.0 Å². The smallest absolute Gasteiger partial charge is 0.271 e. The maximum absolute atomic E-state index is 13.1. The van der Waals surface area contributed by atoms with E-state index in [0.29, 0.717) is 18.7 Å². The molecule has 1 N–H and O–H groups in total. The van der Waals surface area contributed by atoms with Crippen LogP contribution in [0.3, 0.4) is 0 Å². The second kappa shape index (κ2) is 7.40. The van der Waals surface area contributed by atoms with Gasteiger partial charge in [0.1, 0.15) is 4.90 Å². The SMILES string of the molecule is CC(C)(C)NS(=O)(=O)c1cc(C(=O)N2CCc3ccc([N+](=O)[O-])cc32)ccc1Cl. The molecule has 3 rings (SSSR count). The molecule has 1 aliphatic rings. The molecular formula is C19H20ClN3O5S. The number of nitrogens with one attached hydrogen (secondary N) is 1. The number of nitrogens with zero attached hydrogens (tertiary/aromatic N) is 2. The third-order valence-corrected chi connectivity index (χ3v) is 6.57. The van der Waals surface area contributed by atoms with Gasteiger partial charge >= 0.3 is 0 Å². The molecule has 0 atom stereocenters. The molecule has 2 aromatic rings. The number of nitro groups is 1. The molecule has 29 heavy (non-hydrogen) atoms. The quantitative estimate of drug-likeness (QED) is 0.581. The van der Waals surface area contributed by atoms with Gasteiger partial charge in [-0.15, -0.1) is 0 Å². The van der Waals surface area contributed by atoms with Crippen molar-refractivity contribution in [2.75, 3.05) is 11.4 Å². The zero-order chi connectivity index (χ0) is 21.6. The second-order valence-electron chi connectivity index (χ2n) is 7.78. The highest BCUT2D eigenvalue weighted by Crippen LogP contribution is 2.33. The highest BCUT2D eigenvalue weighted by molar-refractivity contribution is 7.89. The largest absolute Gasteiger partial charge is 0.307 e. The lowest BCUT2D eigenvalue weighted by atomic mass is 10.1. The first-order valence-corrected chi connectivity index (χ1v) is 10.7. The molecule has 2 aromatic carbocycles. The summed E-state index contributed by atoms with van der Waals surface area (Å²) in [6.45, 7) is 5.44. The number of nitro benzene ring substituents is 1. The summed E-state index contributed by atoms with van der Waals surface area (Å²) in [7, 11) is -3.95. The van der Waals surface area contributed by atoms with Crippen LogP contribution in [0.15, 0.2) is 41.3 Å². The number of rotatable bonds is 4. The number of anilines is 1. The number of carbonyl (C=O) groups is 1. The molecule has 8 nitrogen and oxygen atoms in total. The number of fused-ring (bicyclic) bond motifs is 1. The Bertz CT molecular complexity index is 1110. The van der Waals surface area contributed by atoms with Crippen molar-refractivity contribution < 1.29 is 18.1 Å². The van der Waals surface area contributed by atoms with Crippen LogP contribution in [0.4, 0.5) is 11.4 Å². The van der Waals surface area contributed by atoms with Gasteiger partial charge in [0.25, 0.3) is 11.6 Å². The molecule has 1 heterocycles. The van der Waals surface area contributed by atoms with Crippen molar-refractivity contribution in [3.8, 4) is 0 Å². The topological polar surface area (TPSA) is 110 Å². The summed E-state index contributed by atoms with van der Waals surface area (Å²) in [5.74, 6) is -0.451. The molecule has 10 heteroatoms. The molecular weight excluding hydrogens is 418 g/mol. The number of carbonyl (C=O) groups excluding carboxylic acids is 1. The van der Waals surface area contributed by atoms with Crippen LogP contribution >= 0.6 is 11.6 Å². The molecule has 1 amide bonds. The standard InChI is InChI=1S/C19H20ClN3O5S/c1-19(2,3)21-29(27,28)17-10-13(5-7-15(17)20)18(24)22-9-8-12-4-6-14(23(25)26)11-16(12)22/h4-7,10-11,21H,8-9H2,1-3H3. The van der Waals surface area contributed by atoms with E-state index in [1.165, 1.54) is 35.2 Å². The van der Waals surface area contributed by atoms with Crippen LogP contribution in [-0.2, 0) is 16.4 Å². The first-order chi connectivity index (χ1) is 13.4. The highest BCUT2D eigenvalue weighted by atomic mass is 35.5. The molecule has 0 fully saturated rings.